The van der Waals surface area contributed by atoms with Crippen molar-refractivity contribution < 1.29 is 9.18 Å². The molecule has 1 aromatic carbocycles. The van der Waals surface area contributed by atoms with Gasteiger partial charge >= 0.3 is 0 Å². The molecule has 0 amide bonds. The van der Waals surface area contributed by atoms with Crippen molar-refractivity contribution in [3.8, 4) is 0 Å². The zero-order chi connectivity index (χ0) is 9.42. The van der Waals surface area contributed by atoms with Crippen LogP contribution in [0.25, 0.3) is 0 Å². The second-order valence-corrected chi connectivity index (χ2v) is 3.61. The van der Waals surface area contributed by atoms with E-state index in [9.17, 15) is 9.18 Å². The molecule has 68 valence electrons. The van der Waals surface area contributed by atoms with Crippen LogP contribution in [0.2, 0.25) is 0 Å². The van der Waals surface area contributed by atoms with Gasteiger partial charge in [-0.15, -0.1) is 0 Å². The second-order valence-electron chi connectivity index (χ2n) is 3.61. The maximum absolute atomic E-state index is 12.8. The molecule has 0 saturated carbocycles. The molecule has 0 heterocycles. The van der Waals surface area contributed by atoms with Gasteiger partial charge in [0.1, 0.15) is 5.82 Å². The highest BCUT2D eigenvalue weighted by Gasteiger charge is 2.23. The van der Waals surface area contributed by atoms with E-state index in [1.165, 1.54) is 12.1 Å². The summed E-state index contributed by atoms with van der Waals surface area (Å²) in [6.45, 7) is 1.90. The number of aryl methyl sites for hydroxylation is 1. The molecule has 13 heavy (non-hydrogen) atoms. The molecule has 0 fully saturated rings. The van der Waals surface area contributed by atoms with E-state index in [0.29, 0.717) is 5.56 Å². The lowest BCUT2D eigenvalue weighted by Crippen LogP contribution is -2.20. The van der Waals surface area contributed by atoms with E-state index in [2.05, 4.69) is 0 Å². The summed E-state index contributed by atoms with van der Waals surface area (Å²) in [6, 6.07) is 4.49. The lowest BCUT2D eigenvalue weighted by molar-refractivity contribution is 0.0913. The van der Waals surface area contributed by atoms with E-state index in [-0.39, 0.29) is 17.5 Å². The fourth-order valence-corrected chi connectivity index (χ4v) is 1.76. The smallest absolute Gasteiger partial charge is 0.166 e. The predicted octanol–water partition coefficient (Wildman–Crippen LogP) is 2.59. The van der Waals surface area contributed by atoms with E-state index in [1.807, 2.05) is 6.92 Å². The van der Waals surface area contributed by atoms with Crippen molar-refractivity contribution in [2.75, 3.05) is 0 Å². The van der Waals surface area contributed by atoms with Gasteiger partial charge in [-0.05, 0) is 30.5 Å². The number of halogens is 1. The molecule has 0 radical (unpaired) electrons. The molecule has 0 aliphatic heterocycles. The number of fused-ring (bicyclic) bond motifs is 1. The number of ketones is 1. The van der Waals surface area contributed by atoms with Gasteiger partial charge in [0, 0.05) is 11.5 Å². The Balaban J connectivity index is 2.51. The van der Waals surface area contributed by atoms with E-state index in [1.54, 1.807) is 6.07 Å². The minimum absolute atomic E-state index is 0.0503. The predicted molar refractivity (Wildman–Crippen MR) is 48.2 cm³/mol. The summed E-state index contributed by atoms with van der Waals surface area (Å²) in [5.41, 5.74) is 1.57. The van der Waals surface area contributed by atoms with Crippen LogP contribution in [0.15, 0.2) is 18.2 Å². The normalized spacial score (nSPS) is 21.4. The van der Waals surface area contributed by atoms with E-state index < -0.39 is 0 Å². The summed E-state index contributed by atoms with van der Waals surface area (Å²) < 4.78 is 12.8. The summed E-state index contributed by atoms with van der Waals surface area (Å²) in [5, 5.41) is 0. The van der Waals surface area contributed by atoms with Crippen LogP contribution < -0.4 is 0 Å². The monoisotopic (exact) mass is 178 g/mol. The quantitative estimate of drug-likeness (QED) is 0.596. The van der Waals surface area contributed by atoms with Crippen molar-refractivity contribution in [1.29, 1.82) is 0 Å². The minimum Gasteiger partial charge on any atom is -0.294 e. The lowest BCUT2D eigenvalue weighted by Gasteiger charge is -2.19. The fourth-order valence-electron chi connectivity index (χ4n) is 1.76. The number of Topliss-reactive ketones (excluding diaryl/α,β-unsaturated/α-hetero) is 1. The number of rotatable bonds is 0. The topological polar surface area (TPSA) is 17.1 Å². The largest absolute Gasteiger partial charge is 0.294 e. The first-order valence-corrected chi connectivity index (χ1v) is 4.51. The number of hydrogen-bond acceptors (Lipinski definition) is 1. The molecular weight excluding hydrogens is 167 g/mol. The van der Waals surface area contributed by atoms with Gasteiger partial charge in [-0.3, -0.25) is 4.79 Å². The SMILES string of the molecule is C[C@H]1CCc2ccc(F)cc2C1=O. The van der Waals surface area contributed by atoms with Crippen molar-refractivity contribution in [2.45, 2.75) is 19.8 Å². The van der Waals surface area contributed by atoms with E-state index in [0.717, 1.165) is 18.4 Å². The molecule has 1 aliphatic rings. The highest BCUT2D eigenvalue weighted by Crippen LogP contribution is 2.25. The van der Waals surface area contributed by atoms with Gasteiger partial charge in [-0.2, -0.15) is 0 Å². The van der Waals surface area contributed by atoms with Crippen molar-refractivity contribution in [3.05, 3.63) is 35.1 Å². The zero-order valence-electron chi connectivity index (χ0n) is 7.51. The maximum Gasteiger partial charge on any atom is 0.166 e. The Hall–Kier alpha value is -1.18. The molecule has 1 atom stereocenters. The molecule has 0 saturated heterocycles. The first-order chi connectivity index (χ1) is 6.18. The van der Waals surface area contributed by atoms with Gasteiger partial charge in [0.15, 0.2) is 5.78 Å². The first kappa shape index (κ1) is 8.42. The van der Waals surface area contributed by atoms with Crippen molar-refractivity contribution in [1.82, 2.24) is 0 Å². The Labute approximate surface area is 76.6 Å². The molecule has 0 aromatic heterocycles. The van der Waals surface area contributed by atoms with Crippen LogP contribution in [0.5, 0.6) is 0 Å². The van der Waals surface area contributed by atoms with E-state index in [4.69, 9.17) is 0 Å². The van der Waals surface area contributed by atoms with Crippen LogP contribution in [0.3, 0.4) is 0 Å². The summed E-state index contributed by atoms with van der Waals surface area (Å²) in [6.07, 6.45) is 1.78. The molecule has 0 unspecified atom stereocenters. The van der Waals surface area contributed by atoms with Crippen LogP contribution in [0, 0.1) is 11.7 Å². The molecule has 2 rings (SSSR count). The standard InChI is InChI=1S/C11H11FO/c1-7-2-3-8-4-5-9(12)6-10(8)11(7)13/h4-7H,2-3H2,1H3/t7-/m0/s1. The molecule has 0 spiro atoms. The summed E-state index contributed by atoms with van der Waals surface area (Å²) in [4.78, 5) is 11.6. The average Bonchev–Trinajstić information content (AvgIpc) is 2.12. The third-order valence-electron chi connectivity index (χ3n) is 2.63. The summed E-state index contributed by atoms with van der Waals surface area (Å²) >= 11 is 0. The van der Waals surface area contributed by atoms with Crippen LogP contribution in [-0.4, -0.2) is 5.78 Å². The third kappa shape index (κ3) is 1.37. The van der Waals surface area contributed by atoms with Crippen molar-refractivity contribution in [2.24, 2.45) is 5.92 Å². The molecule has 1 aromatic rings. The van der Waals surface area contributed by atoms with Crippen molar-refractivity contribution in [3.63, 3.8) is 0 Å². The molecule has 1 aliphatic carbocycles. The van der Waals surface area contributed by atoms with Gasteiger partial charge < -0.3 is 0 Å². The number of benzene rings is 1. The zero-order valence-corrected chi connectivity index (χ0v) is 7.51. The molecule has 1 nitrogen and oxygen atoms in total. The van der Waals surface area contributed by atoms with Crippen LogP contribution in [-0.2, 0) is 6.42 Å². The highest BCUT2D eigenvalue weighted by atomic mass is 19.1. The third-order valence-corrected chi connectivity index (χ3v) is 2.63. The summed E-state index contributed by atoms with van der Waals surface area (Å²) in [5.74, 6) is -0.184. The Kier molecular flexibility index (Phi) is 1.91. The van der Waals surface area contributed by atoms with Crippen LogP contribution in [0.1, 0.15) is 29.3 Å². The Bertz CT molecular complexity index is 357. The number of hydrogen-bond donors (Lipinski definition) is 0. The number of carbonyl (C=O) groups is 1. The molecule has 0 N–H and O–H groups in total. The Morgan fingerprint density at radius 2 is 2.23 bits per heavy atom. The van der Waals surface area contributed by atoms with Crippen molar-refractivity contribution >= 4 is 5.78 Å². The minimum atomic E-state index is -0.318. The van der Waals surface area contributed by atoms with E-state index >= 15 is 0 Å². The van der Waals surface area contributed by atoms with Gasteiger partial charge in [0.2, 0.25) is 0 Å². The Morgan fingerprint density at radius 3 is 3.00 bits per heavy atom. The van der Waals surface area contributed by atoms with Gasteiger partial charge in [0.05, 0.1) is 0 Å². The number of carbonyl (C=O) groups excluding carboxylic acids is 1. The van der Waals surface area contributed by atoms with Gasteiger partial charge in [-0.1, -0.05) is 13.0 Å². The maximum atomic E-state index is 12.8. The van der Waals surface area contributed by atoms with Crippen LogP contribution in [0.4, 0.5) is 4.39 Å². The molecule has 2 heteroatoms. The molecule has 0 bridgehead atoms. The summed E-state index contributed by atoms with van der Waals surface area (Å²) in [7, 11) is 0. The van der Waals surface area contributed by atoms with Gasteiger partial charge in [-0.25, -0.2) is 4.39 Å². The fraction of sp³-hybridized carbons (Fsp3) is 0.364. The van der Waals surface area contributed by atoms with Gasteiger partial charge in [0.25, 0.3) is 0 Å². The Morgan fingerprint density at radius 1 is 1.46 bits per heavy atom. The van der Waals surface area contributed by atoms with Crippen LogP contribution >= 0.6 is 0 Å². The second kappa shape index (κ2) is 2.95. The first-order valence-electron chi connectivity index (χ1n) is 4.51. The lowest BCUT2D eigenvalue weighted by atomic mass is 9.84. The molecular formula is C11H11FO. The highest BCUT2D eigenvalue weighted by molar-refractivity contribution is 5.99. The average molecular weight is 178 g/mol.